The van der Waals surface area contributed by atoms with Crippen molar-refractivity contribution in [2.75, 3.05) is 38.8 Å². The van der Waals surface area contributed by atoms with Crippen LogP contribution in [0.15, 0.2) is 0 Å². The summed E-state index contributed by atoms with van der Waals surface area (Å²) in [5.41, 5.74) is 0.236. The zero-order valence-electron chi connectivity index (χ0n) is 9.82. The van der Waals surface area contributed by atoms with E-state index in [0.717, 1.165) is 58.0 Å². The molecule has 2 aliphatic rings. The molecule has 0 spiro atoms. The van der Waals surface area contributed by atoms with Crippen LogP contribution in [-0.4, -0.2) is 44.9 Å². The number of ether oxygens (including phenoxy) is 3. The second kappa shape index (κ2) is 6.24. The van der Waals surface area contributed by atoms with Crippen LogP contribution in [0.3, 0.4) is 0 Å². The molecule has 94 valence electrons. The molecule has 0 aromatic rings. The molecule has 2 aliphatic heterocycles. The van der Waals surface area contributed by atoms with Crippen molar-refractivity contribution >= 4 is 12.6 Å². The minimum atomic E-state index is 0.236. The topological polar surface area (TPSA) is 27.7 Å². The molecule has 16 heavy (non-hydrogen) atoms. The van der Waals surface area contributed by atoms with Gasteiger partial charge >= 0.3 is 0 Å². The third-order valence-electron chi connectivity index (χ3n) is 3.62. The van der Waals surface area contributed by atoms with E-state index >= 15 is 0 Å². The van der Waals surface area contributed by atoms with Crippen LogP contribution in [0, 0.1) is 5.41 Å². The minimum Gasteiger partial charge on any atom is -0.381 e. The highest BCUT2D eigenvalue weighted by molar-refractivity contribution is 7.80. The van der Waals surface area contributed by atoms with Gasteiger partial charge in [0.1, 0.15) is 0 Å². The lowest BCUT2D eigenvalue weighted by atomic mass is 9.83. The molecule has 4 heteroatoms. The van der Waals surface area contributed by atoms with E-state index in [2.05, 4.69) is 12.6 Å². The van der Waals surface area contributed by atoms with Crippen molar-refractivity contribution in [2.45, 2.75) is 31.8 Å². The zero-order valence-corrected chi connectivity index (χ0v) is 10.7. The molecular formula is C12H22O3S. The third kappa shape index (κ3) is 3.36. The van der Waals surface area contributed by atoms with Gasteiger partial charge in [0.15, 0.2) is 0 Å². The highest BCUT2D eigenvalue weighted by atomic mass is 32.1. The summed E-state index contributed by atoms with van der Waals surface area (Å²) in [6.45, 7) is 4.16. The molecule has 0 N–H and O–H groups in total. The fourth-order valence-electron chi connectivity index (χ4n) is 2.34. The Morgan fingerprint density at radius 1 is 1.25 bits per heavy atom. The van der Waals surface area contributed by atoms with E-state index in [-0.39, 0.29) is 5.41 Å². The first-order chi connectivity index (χ1) is 7.85. The van der Waals surface area contributed by atoms with Crippen LogP contribution in [0.25, 0.3) is 0 Å². The second-order valence-corrected chi connectivity index (χ2v) is 5.24. The van der Waals surface area contributed by atoms with Crippen molar-refractivity contribution in [2.24, 2.45) is 5.41 Å². The first kappa shape index (κ1) is 12.7. The molecule has 2 fully saturated rings. The highest BCUT2D eigenvalue weighted by Gasteiger charge is 2.32. The van der Waals surface area contributed by atoms with Crippen LogP contribution in [0.2, 0.25) is 0 Å². The average Bonchev–Trinajstić information content (AvgIpc) is 2.83. The van der Waals surface area contributed by atoms with Crippen molar-refractivity contribution < 1.29 is 14.2 Å². The second-order valence-electron chi connectivity index (χ2n) is 4.92. The molecule has 1 unspecified atom stereocenters. The Balaban J connectivity index is 1.69. The number of hydrogen-bond acceptors (Lipinski definition) is 4. The number of hydrogen-bond donors (Lipinski definition) is 1. The summed E-state index contributed by atoms with van der Waals surface area (Å²) in [4.78, 5) is 0. The van der Waals surface area contributed by atoms with Gasteiger partial charge in [0.25, 0.3) is 0 Å². The monoisotopic (exact) mass is 246 g/mol. The van der Waals surface area contributed by atoms with Gasteiger partial charge in [-0.3, -0.25) is 0 Å². The molecule has 2 rings (SSSR count). The summed E-state index contributed by atoms with van der Waals surface area (Å²) < 4.78 is 16.8. The molecule has 1 atom stereocenters. The molecule has 3 nitrogen and oxygen atoms in total. The van der Waals surface area contributed by atoms with Crippen LogP contribution in [0.5, 0.6) is 0 Å². The zero-order chi connectivity index (χ0) is 11.3. The van der Waals surface area contributed by atoms with Gasteiger partial charge in [-0.05, 0) is 31.4 Å². The Morgan fingerprint density at radius 2 is 2.06 bits per heavy atom. The Kier molecular flexibility index (Phi) is 4.95. The lowest BCUT2D eigenvalue weighted by Gasteiger charge is -2.35. The summed E-state index contributed by atoms with van der Waals surface area (Å²) in [5, 5.41) is 0. The predicted molar refractivity (Wildman–Crippen MR) is 66.1 cm³/mol. The van der Waals surface area contributed by atoms with Crippen molar-refractivity contribution in [1.82, 2.24) is 0 Å². The lowest BCUT2D eigenvalue weighted by molar-refractivity contribution is -0.0504. The Labute approximate surface area is 103 Å². The van der Waals surface area contributed by atoms with E-state index in [1.165, 1.54) is 6.42 Å². The normalized spacial score (nSPS) is 29.4. The first-order valence-electron chi connectivity index (χ1n) is 6.23. The van der Waals surface area contributed by atoms with Gasteiger partial charge in [0.2, 0.25) is 0 Å². The van der Waals surface area contributed by atoms with Crippen LogP contribution in [0.1, 0.15) is 25.7 Å². The average molecular weight is 246 g/mol. The van der Waals surface area contributed by atoms with Gasteiger partial charge < -0.3 is 14.2 Å². The van der Waals surface area contributed by atoms with Crippen molar-refractivity contribution in [3.63, 3.8) is 0 Å². The lowest BCUT2D eigenvalue weighted by Crippen LogP contribution is -2.36. The highest BCUT2D eigenvalue weighted by Crippen LogP contribution is 2.32. The van der Waals surface area contributed by atoms with E-state index in [9.17, 15) is 0 Å². The van der Waals surface area contributed by atoms with Crippen LogP contribution in [-0.2, 0) is 14.2 Å². The largest absolute Gasteiger partial charge is 0.381 e. The molecule has 0 aliphatic carbocycles. The van der Waals surface area contributed by atoms with Crippen LogP contribution >= 0.6 is 12.6 Å². The minimum absolute atomic E-state index is 0.236. The fourth-order valence-corrected chi connectivity index (χ4v) is 2.74. The van der Waals surface area contributed by atoms with Gasteiger partial charge in [0, 0.05) is 25.2 Å². The molecule has 0 aromatic carbocycles. The van der Waals surface area contributed by atoms with E-state index in [1.807, 2.05) is 0 Å². The quantitative estimate of drug-likeness (QED) is 0.751. The number of thiol groups is 1. The fraction of sp³-hybridized carbons (Fsp3) is 1.00. The predicted octanol–water partition coefficient (Wildman–Crippen LogP) is 1.91. The van der Waals surface area contributed by atoms with E-state index in [0.29, 0.717) is 6.10 Å². The maximum atomic E-state index is 5.82. The molecule has 0 amide bonds. The van der Waals surface area contributed by atoms with E-state index in [1.54, 1.807) is 0 Å². The Bertz CT molecular complexity index is 198. The smallest absolute Gasteiger partial charge is 0.0809 e. The molecule has 0 bridgehead atoms. The van der Waals surface area contributed by atoms with Crippen molar-refractivity contribution in [1.29, 1.82) is 0 Å². The van der Waals surface area contributed by atoms with Gasteiger partial charge in [-0.15, -0.1) is 0 Å². The van der Waals surface area contributed by atoms with E-state index in [4.69, 9.17) is 14.2 Å². The van der Waals surface area contributed by atoms with Crippen LogP contribution in [0.4, 0.5) is 0 Å². The number of rotatable bonds is 5. The third-order valence-corrected chi connectivity index (χ3v) is 4.30. The van der Waals surface area contributed by atoms with Gasteiger partial charge in [-0.2, -0.15) is 12.6 Å². The molecule has 2 heterocycles. The summed E-state index contributed by atoms with van der Waals surface area (Å²) in [6.07, 6.45) is 4.80. The van der Waals surface area contributed by atoms with Gasteiger partial charge in [-0.25, -0.2) is 0 Å². The maximum absolute atomic E-state index is 5.82. The van der Waals surface area contributed by atoms with Gasteiger partial charge in [-0.1, -0.05) is 0 Å². The maximum Gasteiger partial charge on any atom is 0.0809 e. The molecular weight excluding hydrogens is 224 g/mol. The van der Waals surface area contributed by atoms with Crippen molar-refractivity contribution in [3.05, 3.63) is 0 Å². The summed E-state index contributed by atoms with van der Waals surface area (Å²) >= 11 is 4.47. The Morgan fingerprint density at radius 3 is 2.69 bits per heavy atom. The summed E-state index contributed by atoms with van der Waals surface area (Å²) in [5.74, 6) is 0.891. The summed E-state index contributed by atoms with van der Waals surface area (Å²) in [7, 11) is 0. The molecule has 0 saturated carbocycles. The Hall–Kier alpha value is 0.230. The van der Waals surface area contributed by atoms with Crippen LogP contribution < -0.4 is 0 Å². The summed E-state index contributed by atoms with van der Waals surface area (Å²) in [6, 6.07) is 0. The van der Waals surface area contributed by atoms with E-state index < -0.39 is 0 Å². The molecule has 0 aromatic heterocycles. The first-order valence-corrected chi connectivity index (χ1v) is 6.86. The van der Waals surface area contributed by atoms with Gasteiger partial charge in [0.05, 0.1) is 19.3 Å². The SMILES string of the molecule is SCC1(COCC2CCCO2)CCOCC1. The standard InChI is InChI=1S/C12H22O3S/c16-10-12(3-6-13-7-4-12)9-14-8-11-2-1-5-15-11/h11,16H,1-10H2. The van der Waals surface area contributed by atoms with Crippen molar-refractivity contribution in [3.8, 4) is 0 Å². The molecule has 2 saturated heterocycles. The molecule has 0 radical (unpaired) electrons.